The van der Waals surface area contributed by atoms with Gasteiger partial charge in [-0.2, -0.15) is 4.37 Å². The third-order valence-corrected chi connectivity index (χ3v) is 6.59. The number of carbonyl (C=O) groups is 1. The first-order chi connectivity index (χ1) is 15.6. The van der Waals surface area contributed by atoms with Gasteiger partial charge in [0.2, 0.25) is 5.91 Å². The highest BCUT2D eigenvalue weighted by Crippen LogP contribution is 2.33. The minimum absolute atomic E-state index is 0.0560. The largest absolute Gasteiger partial charge is 0.376 e. The van der Waals surface area contributed by atoms with Crippen molar-refractivity contribution < 1.29 is 4.79 Å². The molecule has 1 amide bonds. The summed E-state index contributed by atoms with van der Waals surface area (Å²) < 4.78 is 6.38. The Morgan fingerprint density at radius 1 is 1.22 bits per heavy atom. The lowest BCUT2D eigenvalue weighted by molar-refractivity contribution is -0.116. The van der Waals surface area contributed by atoms with E-state index in [1.54, 1.807) is 12.5 Å². The molecule has 32 heavy (non-hydrogen) atoms. The van der Waals surface area contributed by atoms with Crippen molar-refractivity contribution in [2.75, 3.05) is 23.3 Å². The fourth-order valence-corrected chi connectivity index (χ4v) is 4.79. The van der Waals surface area contributed by atoms with Gasteiger partial charge in [0, 0.05) is 47.9 Å². The number of aryl methyl sites for hydroxylation is 2. The number of hydrogen-bond donors (Lipinski definition) is 1. The number of amides is 1. The van der Waals surface area contributed by atoms with Gasteiger partial charge in [0.05, 0.1) is 18.6 Å². The van der Waals surface area contributed by atoms with Gasteiger partial charge in [-0.25, -0.2) is 9.97 Å². The van der Waals surface area contributed by atoms with Crippen LogP contribution in [-0.4, -0.2) is 37.9 Å². The second kappa shape index (κ2) is 8.55. The lowest BCUT2D eigenvalue weighted by atomic mass is 10.1. The van der Waals surface area contributed by atoms with Crippen molar-refractivity contribution in [3.8, 4) is 16.3 Å². The number of anilines is 2. The molecule has 0 atom stereocenters. The molecule has 2 aromatic carbocycles. The summed E-state index contributed by atoms with van der Waals surface area (Å²) in [6, 6.07) is 12.2. The number of aromatic nitrogens is 4. The molecular weight excluding hydrogens is 420 g/mol. The molecule has 0 saturated carbocycles. The zero-order valence-electron chi connectivity index (χ0n) is 18.1. The maximum absolute atomic E-state index is 13.1. The highest BCUT2D eigenvalue weighted by molar-refractivity contribution is 7.09. The summed E-state index contributed by atoms with van der Waals surface area (Å²) in [6.07, 6.45) is 7.14. The molecule has 1 N–H and O–H groups in total. The number of nitrogens with zero attached hydrogens (tertiary/aromatic N) is 5. The van der Waals surface area contributed by atoms with Crippen LogP contribution in [0.4, 0.5) is 11.4 Å². The molecule has 5 rings (SSSR count). The Morgan fingerprint density at radius 3 is 2.88 bits per heavy atom. The van der Waals surface area contributed by atoms with Crippen LogP contribution in [0.15, 0.2) is 55.1 Å². The van der Waals surface area contributed by atoms with Crippen LogP contribution in [0.2, 0.25) is 0 Å². The van der Waals surface area contributed by atoms with Gasteiger partial charge >= 0.3 is 0 Å². The van der Waals surface area contributed by atoms with Gasteiger partial charge in [-0.1, -0.05) is 25.1 Å². The van der Waals surface area contributed by atoms with Gasteiger partial charge in [0.25, 0.3) is 0 Å². The van der Waals surface area contributed by atoms with Crippen LogP contribution >= 0.6 is 11.5 Å². The molecule has 0 saturated heterocycles. The molecule has 0 fully saturated rings. The summed E-state index contributed by atoms with van der Waals surface area (Å²) in [5.74, 6) is 0.915. The third kappa shape index (κ3) is 3.78. The van der Waals surface area contributed by atoms with Crippen molar-refractivity contribution in [1.82, 2.24) is 18.9 Å². The summed E-state index contributed by atoms with van der Waals surface area (Å²) in [5, 5.41) is 4.24. The van der Waals surface area contributed by atoms with E-state index in [-0.39, 0.29) is 12.5 Å². The van der Waals surface area contributed by atoms with Gasteiger partial charge in [0.1, 0.15) is 10.8 Å². The molecular formula is C24H24N6OS. The molecule has 7 nitrogen and oxygen atoms in total. The number of carbonyl (C=O) groups excluding carboxylic acids is 1. The summed E-state index contributed by atoms with van der Waals surface area (Å²) in [7, 11) is 0. The van der Waals surface area contributed by atoms with Crippen LogP contribution in [0.25, 0.3) is 16.3 Å². The van der Waals surface area contributed by atoms with E-state index in [2.05, 4.69) is 50.8 Å². The Balaban J connectivity index is 1.32. The van der Waals surface area contributed by atoms with Gasteiger partial charge in [-0.3, -0.25) is 4.79 Å². The van der Waals surface area contributed by atoms with Crippen molar-refractivity contribution in [2.45, 2.75) is 26.7 Å². The van der Waals surface area contributed by atoms with Crippen molar-refractivity contribution in [1.29, 1.82) is 0 Å². The fraction of sp³-hybridized carbons (Fsp3) is 0.250. The Hall–Kier alpha value is -3.52. The van der Waals surface area contributed by atoms with E-state index in [4.69, 9.17) is 0 Å². The van der Waals surface area contributed by atoms with E-state index in [0.717, 1.165) is 51.9 Å². The van der Waals surface area contributed by atoms with Crippen molar-refractivity contribution in [2.24, 2.45) is 0 Å². The SMILES string of the molecule is CCc1nsc(-c2ccc(C)c(NCC(=O)N3CCc4c3cccc4-n3ccnc3)c2)n1. The van der Waals surface area contributed by atoms with E-state index in [1.807, 2.05) is 34.7 Å². The quantitative estimate of drug-likeness (QED) is 0.481. The molecule has 1 aliphatic rings. The van der Waals surface area contributed by atoms with Crippen LogP contribution in [0.1, 0.15) is 23.9 Å². The van der Waals surface area contributed by atoms with Crippen molar-refractivity contribution >= 4 is 28.8 Å². The van der Waals surface area contributed by atoms with E-state index >= 15 is 0 Å². The molecule has 4 aromatic rings. The molecule has 8 heteroatoms. The van der Waals surface area contributed by atoms with Crippen molar-refractivity contribution in [3.63, 3.8) is 0 Å². The van der Waals surface area contributed by atoms with E-state index in [9.17, 15) is 4.79 Å². The smallest absolute Gasteiger partial charge is 0.246 e. The van der Waals surface area contributed by atoms with Gasteiger partial charge in [-0.05, 0) is 48.6 Å². The molecule has 0 spiro atoms. The van der Waals surface area contributed by atoms with E-state index < -0.39 is 0 Å². The normalized spacial score (nSPS) is 12.8. The van der Waals surface area contributed by atoms with Crippen LogP contribution in [0, 0.1) is 6.92 Å². The predicted octanol–water partition coefficient (Wildman–Crippen LogP) is 4.26. The lowest BCUT2D eigenvalue weighted by Crippen LogP contribution is -2.34. The average molecular weight is 445 g/mol. The minimum atomic E-state index is 0.0560. The highest BCUT2D eigenvalue weighted by atomic mass is 32.1. The van der Waals surface area contributed by atoms with Gasteiger partial charge < -0.3 is 14.8 Å². The first-order valence-electron chi connectivity index (χ1n) is 10.7. The fourth-order valence-electron chi connectivity index (χ4n) is 4.05. The number of benzene rings is 2. The number of rotatable bonds is 6. The summed E-state index contributed by atoms with van der Waals surface area (Å²) in [6.45, 7) is 5.01. The predicted molar refractivity (Wildman–Crippen MR) is 128 cm³/mol. The van der Waals surface area contributed by atoms with Crippen LogP contribution in [0.5, 0.6) is 0 Å². The van der Waals surface area contributed by atoms with Crippen molar-refractivity contribution in [3.05, 3.63) is 72.1 Å². The molecule has 0 bridgehead atoms. The number of imidazole rings is 1. The van der Waals surface area contributed by atoms with Gasteiger partial charge in [-0.15, -0.1) is 0 Å². The molecule has 0 radical (unpaired) electrons. The zero-order chi connectivity index (χ0) is 22.1. The number of hydrogen-bond acceptors (Lipinski definition) is 6. The van der Waals surface area contributed by atoms with Gasteiger partial charge in [0.15, 0.2) is 0 Å². The molecule has 3 heterocycles. The number of fused-ring (bicyclic) bond motifs is 1. The molecule has 0 aliphatic carbocycles. The second-order valence-corrected chi connectivity index (χ2v) is 8.54. The minimum Gasteiger partial charge on any atom is -0.376 e. The maximum atomic E-state index is 13.1. The monoisotopic (exact) mass is 444 g/mol. The molecule has 1 aliphatic heterocycles. The Morgan fingerprint density at radius 2 is 2.09 bits per heavy atom. The van der Waals surface area contributed by atoms with E-state index in [1.165, 1.54) is 17.1 Å². The summed E-state index contributed by atoms with van der Waals surface area (Å²) in [4.78, 5) is 23.7. The second-order valence-electron chi connectivity index (χ2n) is 7.79. The first kappa shape index (κ1) is 20.4. The Bertz CT molecular complexity index is 1260. The highest BCUT2D eigenvalue weighted by Gasteiger charge is 2.26. The zero-order valence-corrected chi connectivity index (χ0v) is 18.9. The topological polar surface area (TPSA) is 75.9 Å². The maximum Gasteiger partial charge on any atom is 0.246 e. The van der Waals surface area contributed by atoms with Crippen LogP contribution in [0.3, 0.4) is 0 Å². The summed E-state index contributed by atoms with van der Waals surface area (Å²) in [5.41, 5.74) is 6.28. The summed E-state index contributed by atoms with van der Waals surface area (Å²) >= 11 is 1.41. The van der Waals surface area contributed by atoms with E-state index in [0.29, 0.717) is 6.54 Å². The standard InChI is InChI=1S/C24H24N6OS/c1-3-22-27-24(32-28-22)17-8-7-16(2)19(13-17)26-14-23(31)30-11-9-18-20(5-4-6-21(18)30)29-12-10-25-15-29/h4-8,10,12-13,15,26H,3,9,11,14H2,1-2H3. The lowest BCUT2D eigenvalue weighted by Gasteiger charge is -2.19. The average Bonchev–Trinajstić information content (AvgIpc) is 3.58. The Labute approximate surface area is 190 Å². The van der Waals surface area contributed by atoms with Crippen LogP contribution in [-0.2, 0) is 17.6 Å². The number of nitrogens with one attached hydrogen (secondary N) is 1. The third-order valence-electron chi connectivity index (χ3n) is 5.79. The molecule has 162 valence electrons. The molecule has 0 unspecified atom stereocenters. The van der Waals surface area contributed by atoms with Crippen LogP contribution < -0.4 is 10.2 Å². The Kier molecular flexibility index (Phi) is 5.45. The first-order valence-corrected chi connectivity index (χ1v) is 11.5. The molecule has 2 aromatic heterocycles.